The average molecular weight is 508 g/mol. The molecule has 0 radical (unpaired) electrons. The van der Waals surface area contributed by atoms with Crippen LogP contribution in [0.5, 0.6) is 5.75 Å². The van der Waals surface area contributed by atoms with Gasteiger partial charge in [0.1, 0.15) is 5.75 Å². The molecule has 0 unspecified atom stereocenters. The number of sulfonamides is 1. The fourth-order valence-electron chi connectivity index (χ4n) is 4.52. The van der Waals surface area contributed by atoms with Crippen LogP contribution in [-0.4, -0.2) is 56.3 Å². The van der Waals surface area contributed by atoms with Crippen molar-refractivity contribution in [1.29, 1.82) is 0 Å². The maximum Gasteiger partial charge on any atom is 0.243 e. The van der Waals surface area contributed by atoms with Gasteiger partial charge in [0.2, 0.25) is 15.9 Å². The number of anilines is 1. The smallest absolute Gasteiger partial charge is 0.243 e. The van der Waals surface area contributed by atoms with Gasteiger partial charge in [-0.05, 0) is 36.2 Å². The molecule has 4 rings (SSSR count). The molecule has 1 aliphatic rings. The molecule has 1 heterocycles. The maximum atomic E-state index is 13.5. The standard InChI is InChI=1S/C28H33N3O4S/c1-3-27(32)29-25-21-24(15-16-26(25)35-4-2)36(33,34)31-19-17-30(18-20-31)28(22-11-7-5-8-12-22)23-13-9-6-10-14-23/h5-16,21,28H,3-4,17-20H2,1-2H3,(H,29,32). The number of nitrogens with one attached hydrogen (secondary N) is 1. The van der Waals surface area contributed by atoms with Crippen molar-refractivity contribution < 1.29 is 17.9 Å². The van der Waals surface area contributed by atoms with Crippen LogP contribution in [0.4, 0.5) is 5.69 Å². The van der Waals surface area contributed by atoms with Gasteiger partial charge in [0.15, 0.2) is 0 Å². The first kappa shape index (κ1) is 25.9. The first-order valence-corrected chi connectivity index (χ1v) is 13.8. The van der Waals surface area contributed by atoms with Crippen molar-refractivity contribution >= 4 is 21.6 Å². The second-order valence-corrected chi connectivity index (χ2v) is 10.6. The lowest BCUT2D eigenvalue weighted by atomic mass is 9.96. The summed E-state index contributed by atoms with van der Waals surface area (Å²) >= 11 is 0. The molecule has 8 heteroatoms. The quantitative estimate of drug-likeness (QED) is 0.460. The Kier molecular flexibility index (Phi) is 8.40. The lowest BCUT2D eigenvalue weighted by Crippen LogP contribution is -2.49. The van der Waals surface area contributed by atoms with E-state index in [4.69, 9.17) is 4.74 Å². The monoisotopic (exact) mass is 507 g/mol. The van der Waals surface area contributed by atoms with Gasteiger partial charge >= 0.3 is 0 Å². The number of hydrogen-bond acceptors (Lipinski definition) is 5. The van der Waals surface area contributed by atoms with Gasteiger partial charge in [-0.25, -0.2) is 8.42 Å². The number of benzene rings is 3. The first-order valence-electron chi connectivity index (χ1n) is 12.3. The molecule has 0 saturated carbocycles. The van der Waals surface area contributed by atoms with E-state index in [1.165, 1.54) is 21.5 Å². The Balaban J connectivity index is 1.54. The topological polar surface area (TPSA) is 79.0 Å². The highest BCUT2D eigenvalue weighted by atomic mass is 32.2. The lowest BCUT2D eigenvalue weighted by molar-refractivity contribution is -0.115. The zero-order valence-corrected chi connectivity index (χ0v) is 21.6. The Labute approximate surface area is 213 Å². The van der Waals surface area contributed by atoms with Gasteiger partial charge in [-0.2, -0.15) is 4.31 Å². The van der Waals surface area contributed by atoms with E-state index < -0.39 is 10.0 Å². The molecule has 1 amide bonds. The number of carbonyl (C=O) groups is 1. The van der Waals surface area contributed by atoms with Gasteiger partial charge < -0.3 is 10.1 Å². The van der Waals surface area contributed by atoms with E-state index in [2.05, 4.69) is 34.5 Å². The summed E-state index contributed by atoms with van der Waals surface area (Å²) in [5, 5.41) is 2.76. The number of ether oxygens (including phenoxy) is 1. The molecule has 3 aromatic carbocycles. The van der Waals surface area contributed by atoms with Crippen molar-refractivity contribution in [3.63, 3.8) is 0 Å². The van der Waals surface area contributed by atoms with Crippen LogP contribution in [0.3, 0.4) is 0 Å². The highest BCUT2D eigenvalue weighted by molar-refractivity contribution is 7.89. The van der Waals surface area contributed by atoms with Crippen molar-refractivity contribution in [2.24, 2.45) is 0 Å². The summed E-state index contributed by atoms with van der Waals surface area (Å²) in [7, 11) is -3.74. The molecule has 0 atom stereocenters. The van der Waals surface area contributed by atoms with Crippen LogP contribution in [0, 0.1) is 0 Å². The number of amides is 1. The number of nitrogens with zero attached hydrogens (tertiary/aromatic N) is 2. The Bertz CT molecular complexity index is 1220. The first-order chi connectivity index (χ1) is 17.4. The number of piperazine rings is 1. The van der Waals surface area contributed by atoms with Crippen molar-refractivity contribution in [3.05, 3.63) is 90.0 Å². The zero-order chi connectivity index (χ0) is 25.5. The Hall–Kier alpha value is -3.20. The second-order valence-electron chi connectivity index (χ2n) is 8.66. The van der Waals surface area contributed by atoms with Crippen molar-refractivity contribution in [2.75, 3.05) is 38.1 Å². The normalized spacial score (nSPS) is 15.1. The van der Waals surface area contributed by atoms with E-state index in [1.54, 1.807) is 19.1 Å². The molecule has 0 aliphatic carbocycles. The molecule has 1 aliphatic heterocycles. The summed E-state index contributed by atoms with van der Waals surface area (Å²) < 4.78 is 34.2. The van der Waals surface area contributed by atoms with E-state index >= 15 is 0 Å². The summed E-state index contributed by atoms with van der Waals surface area (Å²) in [6, 6.07) is 25.3. The van der Waals surface area contributed by atoms with Gasteiger partial charge in [0, 0.05) is 32.6 Å². The van der Waals surface area contributed by atoms with Gasteiger partial charge in [-0.3, -0.25) is 9.69 Å². The molecule has 1 fully saturated rings. The second kappa shape index (κ2) is 11.7. The zero-order valence-electron chi connectivity index (χ0n) is 20.8. The molecule has 3 aromatic rings. The summed E-state index contributed by atoms with van der Waals surface area (Å²) in [6.07, 6.45) is 0.286. The number of rotatable bonds is 9. The molecule has 1 saturated heterocycles. The van der Waals surface area contributed by atoms with E-state index in [0.717, 1.165) is 0 Å². The van der Waals surface area contributed by atoms with Crippen molar-refractivity contribution in [3.8, 4) is 5.75 Å². The van der Waals surface area contributed by atoms with Gasteiger partial charge in [0.05, 0.1) is 23.2 Å². The largest absolute Gasteiger partial charge is 0.492 e. The molecule has 0 aromatic heterocycles. The predicted molar refractivity (Wildman–Crippen MR) is 142 cm³/mol. The molecule has 1 N–H and O–H groups in total. The third kappa shape index (κ3) is 5.78. The number of hydrogen-bond donors (Lipinski definition) is 1. The summed E-state index contributed by atoms with van der Waals surface area (Å²) in [5.41, 5.74) is 2.74. The van der Waals surface area contributed by atoms with Gasteiger partial charge in [0.25, 0.3) is 0 Å². The highest BCUT2D eigenvalue weighted by Gasteiger charge is 2.32. The molecule has 36 heavy (non-hydrogen) atoms. The van der Waals surface area contributed by atoms with E-state index in [0.29, 0.717) is 44.2 Å². The van der Waals surface area contributed by atoms with E-state index in [9.17, 15) is 13.2 Å². The summed E-state index contributed by atoms with van der Waals surface area (Å²) in [6.45, 7) is 5.95. The Morgan fingerprint density at radius 1 is 0.889 bits per heavy atom. The molecule has 7 nitrogen and oxygen atoms in total. The Morgan fingerprint density at radius 3 is 2.00 bits per heavy atom. The minimum absolute atomic E-state index is 0.0542. The molecular formula is C28H33N3O4S. The van der Waals surface area contributed by atoms with Gasteiger partial charge in [-0.1, -0.05) is 67.6 Å². The SMILES string of the molecule is CCOc1ccc(S(=O)(=O)N2CCN(C(c3ccccc3)c3ccccc3)CC2)cc1NC(=O)CC. The minimum atomic E-state index is -3.74. The van der Waals surface area contributed by atoms with Crippen LogP contribution in [0.2, 0.25) is 0 Å². The summed E-state index contributed by atoms with van der Waals surface area (Å²) in [5.74, 6) is 0.253. The predicted octanol–water partition coefficient (Wildman–Crippen LogP) is 4.53. The third-order valence-electron chi connectivity index (χ3n) is 6.35. The van der Waals surface area contributed by atoms with E-state index in [1.807, 2.05) is 43.3 Å². The molecular weight excluding hydrogens is 474 g/mol. The molecule has 0 bridgehead atoms. The highest BCUT2D eigenvalue weighted by Crippen LogP contribution is 2.32. The van der Waals surface area contributed by atoms with Crippen LogP contribution < -0.4 is 10.1 Å². The van der Waals surface area contributed by atoms with Crippen LogP contribution >= 0.6 is 0 Å². The van der Waals surface area contributed by atoms with Crippen molar-refractivity contribution in [2.45, 2.75) is 31.2 Å². The van der Waals surface area contributed by atoms with E-state index in [-0.39, 0.29) is 23.3 Å². The molecule has 190 valence electrons. The fraction of sp³-hybridized carbons (Fsp3) is 0.321. The Morgan fingerprint density at radius 2 is 1.47 bits per heavy atom. The third-order valence-corrected chi connectivity index (χ3v) is 8.25. The van der Waals surface area contributed by atoms with Crippen LogP contribution in [0.1, 0.15) is 37.4 Å². The van der Waals surface area contributed by atoms with Gasteiger partial charge in [-0.15, -0.1) is 0 Å². The minimum Gasteiger partial charge on any atom is -0.492 e. The lowest BCUT2D eigenvalue weighted by Gasteiger charge is -2.39. The average Bonchev–Trinajstić information content (AvgIpc) is 2.91. The van der Waals surface area contributed by atoms with Crippen LogP contribution in [0.25, 0.3) is 0 Å². The fourth-order valence-corrected chi connectivity index (χ4v) is 5.97. The van der Waals surface area contributed by atoms with Crippen LogP contribution in [0.15, 0.2) is 83.8 Å². The van der Waals surface area contributed by atoms with Crippen LogP contribution in [-0.2, 0) is 14.8 Å². The molecule has 0 spiro atoms. The summed E-state index contributed by atoms with van der Waals surface area (Å²) in [4.78, 5) is 14.5. The maximum absolute atomic E-state index is 13.5. The number of carbonyl (C=O) groups excluding carboxylic acids is 1. The van der Waals surface area contributed by atoms with Crippen molar-refractivity contribution in [1.82, 2.24) is 9.21 Å².